The van der Waals surface area contributed by atoms with Crippen LogP contribution in [0.5, 0.6) is 5.75 Å². The summed E-state index contributed by atoms with van der Waals surface area (Å²) in [7, 11) is -3.68. The van der Waals surface area contributed by atoms with Crippen LogP contribution in [0.15, 0.2) is 22.0 Å². The third-order valence-corrected chi connectivity index (χ3v) is 2.78. The van der Waals surface area contributed by atoms with Crippen LogP contribution in [0.3, 0.4) is 0 Å². The van der Waals surface area contributed by atoms with E-state index in [0.717, 1.165) is 19.3 Å². The van der Waals surface area contributed by atoms with Gasteiger partial charge in [-0.25, -0.2) is 4.79 Å². The van der Waals surface area contributed by atoms with Crippen LogP contribution in [-0.2, 0) is 14.9 Å². The number of aliphatic imine (C=N–C) groups is 1. The summed E-state index contributed by atoms with van der Waals surface area (Å²) in [5, 5.41) is 10.7. The lowest BCUT2D eigenvalue weighted by atomic mass is 10.2. The summed E-state index contributed by atoms with van der Waals surface area (Å²) < 4.78 is 35.5. The Bertz CT molecular complexity index is 646. The minimum atomic E-state index is -4.83. The maximum absolute atomic E-state index is 11.0. The maximum Gasteiger partial charge on any atom is 0.301 e. The number of benzene rings is 1. The highest BCUT2D eigenvalue weighted by atomic mass is 32.2. The molecule has 0 unspecified atom stereocenters. The molecule has 0 amide bonds. The number of hydrogen-bond acceptors (Lipinski definition) is 7. The first-order chi connectivity index (χ1) is 8.31. The van der Waals surface area contributed by atoms with Gasteiger partial charge in [-0.1, -0.05) is 0 Å². The number of hydrogen-bond donors (Lipinski definition) is 1. The molecule has 0 saturated carbocycles. The van der Waals surface area contributed by atoms with Gasteiger partial charge in [-0.15, -0.1) is 0 Å². The zero-order valence-corrected chi connectivity index (χ0v) is 9.67. The van der Waals surface area contributed by atoms with Crippen LogP contribution in [0.1, 0.15) is 0 Å². The van der Waals surface area contributed by atoms with Gasteiger partial charge in [0.25, 0.3) is 5.69 Å². The van der Waals surface area contributed by atoms with Crippen molar-refractivity contribution in [2.45, 2.75) is 4.90 Å². The number of ether oxygens (including phenoxy) is 1. The number of isocyanates is 1. The molecular formula is C8H6N2O7S. The summed E-state index contributed by atoms with van der Waals surface area (Å²) in [6, 6.07) is 1.39. The predicted octanol–water partition coefficient (Wildman–Crippen LogP) is 0.817. The van der Waals surface area contributed by atoms with Crippen molar-refractivity contribution in [3.05, 3.63) is 22.2 Å². The average molecular weight is 274 g/mol. The zero-order valence-electron chi connectivity index (χ0n) is 8.85. The van der Waals surface area contributed by atoms with Crippen molar-refractivity contribution in [2.75, 3.05) is 7.11 Å². The van der Waals surface area contributed by atoms with E-state index in [-0.39, 0.29) is 11.4 Å². The van der Waals surface area contributed by atoms with Gasteiger partial charge in [0.2, 0.25) is 6.08 Å². The van der Waals surface area contributed by atoms with Crippen molar-refractivity contribution in [3.63, 3.8) is 0 Å². The SMILES string of the molecule is COc1cc([N+](=O)[O-])c(S(=O)(=O)O)cc1N=C=O. The second kappa shape index (κ2) is 4.92. The van der Waals surface area contributed by atoms with Crippen molar-refractivity contribution >= 4 is 27.6 Å². The van der Waals surface area contributed by atoms with Crippen molar-refractivity contribution in [1.29, 1.82) is 0 Å². The third-order valence-electron chi connectivity index (χ3n) is 1.90. The Morgan fingerprint density at radius 2 is 2.11 bits per heavy atom. The smallest absolute Gasteiger partial charge is 0.301 e. The molecule has 0 aromatic heterocycles. The third kappa shape index (κ3) is 2.69. The van der Waals surface area contributed by atoms with E-state index in [1.54, 1.807) is 0 Å². The molecule has 0 bridgehead atoms. The topological polar surface area (TPSA) is 136 Å². The molecule has 0 atom stereocenters. The minimum Gasteiger partial charge on any atom is -0.494 e. The molecule has 0 fully saturated rings. The Hall–Kier alpha value is -2.29. The highest BCUT2D eigenvalue weighted by molar-refractivity contribution is 7.86. The van der Waals surface area contributed by atoms with Crippen molar-refractivity contribution in [3.8, 4) is 5.75 Å². The number of methoxy groups -OCH3 is 1. The van der Waals surface area contributed by atoms with E-state index in [9.17, 15) is 23.3 Å². The fraction of sp³-hybridized carbons (Fsp3) is 0.125. The predicted molar refractivity (Wildman–Crippen MR) is 57.2 cm³/mol. The second-order valence-electron chi connectivity index (χ2n) is 2.93. The normalized spacial score (nSPS) is 10.6. The fourth-order valence-electron chi connectivity index (χ4n) is 1.19. The van der Waals surface area contributed by atoms with E-state index in [1.165, 1.54) is 0 Å². The standard InChI is InChI=1S/C8H6N2O7S/c1-17-7-3-6(10(12)13)8(18(14,15)16)2-5(7)9-4-11/h2-3H,1H3,(H,14,15,16). The first kappa shape index (κ1) is 13.8. The van der Waals surface area contributed by atoms with E-state index < -0.39 is 25.6 Å². The van der Waals surface area contributed by atoms with Crippen molar-refractivity contribution in [2.24, 2.45) is 4.99 Å². The van der Waals surface area contributed by atoms with E-state index >= 15 is 0 Å². The van der Waals surface area contributed by atoms with E-state index in [1.807, 2.05) is 0 Å². The van der Waals surface area contributed by atoms with Gasteiger partial charge in [-0.3, -0.25) is 14.7 Å². The van der Waals surface area contributed by atoms with Gasteiger partial charge in [-0.2, -0.15) is 13.4 Å². The minimum absolute atomic E-state index is 0.197. The summed E-state index contributed by atoms with van der Waals surface area (Å²) >= 11 is 0. The molecule has 10 heteroatoms. The summed E-state index contributed by atoms with van der Waals surface area (Å²) in [6.07, 6.45) is 1.13. The first-order valence-corrected chi connectivity index (χ1v) is 5.67. The monoisotopic (exact) mass is 274 g/mol. The molecule has 9 nitrogen and oxygen atoms in total. The Morgan fingerprint density at radius 1 is 1.50 bits per heavy atom. The summed E-state index contributed by atoms with van der Waals surface area (Å²) in [6.45, 7) is 0. The van der Waals surface area contributed by atoms with Crippen LogP contribution in [0.4, 0.5) is 11.4 Å². The van der Waals surface area contributed by atoms with Crippen LogP contribution in [0.2, 0.25) is 0 Å². The molecule has 0 saturated heterocycles. The molecule has 0 radical (unpaired) electrons. The Labute approximate surface area is 101 Å². The molecule has 1 aromatic carbocycles. The Balaban J connectivity index is 3.74. The lowest BCUT2D eigenvalue weighted by Gasteiger charge is -2.05. The molecule has 0 spiro atoms. The maximum atomic E-state index is 11.0. The van der Waals surface area contributed by atoms with Crippen LogP contribution >= 0.6 is 0 Å². The summed E-state index contributed by atoms with van der Waals surface area (Å²) in [5.74, 6) is -0.197. The van der Waals surface area contributed by atoms with Gasteiger partial charge < -0.3 is 4.74 Å². The number of nitro benzene ring substituents is 1. The van der Waals surface area contributed by atoms with E-state index in [4.69, 9.17) is 9.29 Å². The summed E-state index contributed by atoms with van der Waals surface area (Å²) in [5.41, 5.74) is -1.19. The first-order valence-electron chi connectivity index (χ1n) is 4.23. The molecule has 1 N–H and O–H groups in total. The van der Waals surface area contributed by atoms with Gasteiger partial charge in [0.1, 0.15) is 5.69 Å². The number of rotatable bonds is 4. The van der Waals surface area contributed by atoms with Gasteiger partial charge >= 0.3 is 10.1 Å². The van der Waals surface area contributed by atoms with Crippen LogP contribution < -0.4 is 4.74 Å². The number of nitro groups is 1. The van der Waals surface area contributed by atoms with Crippen molar-refractivity contribution < 1.29 is 27.4 Å². The van der Waals surface area contributed by atoms with Gasteiger partial charge in [0.05, 0.1) is 18.1 Å². The second-order valence-corrected chi connectivity index (χ2v) is 4.32. The lowest BCUT2D eigenvalue weighted by molar-refractivity contribution is -0.387. The highest BCUT2D eigenvalue weighted by Gasteiger charge is 2.27. The number of carbonyl (C=O) groups excluding carboxylic acids is 1. The van der Waals surface area contributed by atoms with Crippen molar-refractivity contribution in [1.82, 2.24) is 0 Å². The van der Waals surface area contributed by atoms with E-state index in [0.29, 0.717) is 6.07 Å². The quantitative estimate of drug-likeness (QED) is 0.282. The Morgan fingerprint density at radius 3 is 2.50 bits per heavy atom. The van der Waals surface area contributed by atoms with Crippen LogP contribution in [0.25, 0.3) is 0 Å². The molecule has 1 aromatic rings. The van der Waals surface area contributed by atoms with E-state index in [2.05, 4.69) is 4.99 Å². The summed E-state index contributed by atoms with van der Waals surface area (Å²) in [4.78, 5) is 21.9. The van der Waals surface area contributed by atoms with Gasteiger partial charge in [-0.05, 0) is 6.07 Å². The van der Waals surface area contributed by atoms with Crippen LogP contribution in [-0.4, -0.2) is 31.1 Å². The van der Waals surface area contributed by atoms with Gasteiger partial charge in [0, 0.05) is 0 Å². The molecule has 0 heterocycles. The molecule has 0 aliphatic rings. The van der Waals surface area contributed by atoms with Crippen LogP contribution in [0, 0.1) is 10.1 Å². The lowest BCUT2D eigenvalue weighted by Crippen LogP contribution is -2.04. The molecule has 96 valence electrons. The largest absolute Gasteiger partial charge is 0.494 e. The Kier molecular flexibility index (Phi) is 3.76. The van der Waals surface area contributed by atoms with Gasteiger partial charge in [0.15, 0.2) is 10.6 Å². The molecular weight excluding hydrogens is 268 g/mol. The number of nitrogens with zero attached hydrogens (tertiary/aromatic N) is 2. The average Bonchev–Trinajstić information content (AvgIpc) is 2.27. The molecule has 1 rings (SSSR count). The molecule has 18 heavy (non-hydrogen) atoms. The molecule has 0 aliphatic heterocycles. The zero-order chi connectivity index (χ0) is 13.9. The molecule has 0 aliphatic carbocycles. The fourth-order valence-corrected chi connectivity index (χ4v) is 1.85. The highest BCUT2D eigenvalue weighted by Crippen LogP contribution is 2.36.